The van der Waals surface area contributed by atoms with Gasteiger partial charge in [0, 0.05) is 17.1 Å². The van der Waals surface area contributed by atoms with Crippen molar-refractivity contribution in [3.8, 4) is 0 Å². The van der Waals surface area contributed by atoms with Crippen molar-refractivity contribution in [2.45, 2.75) is 6.42 Å². The number of ether oxygens (including phenoxy) is 3. The lowest BCUT2D eigenvalue weighted by Gasteiger charge is -2.11. The maximum atomic E-state index is 11.9. The molecule has 1 heterocycles. The Kier molecular flexibility index (Phi) is 9.89. The van der Waals surface area contributed by atoms with Gasteiger partial charge in [0.1, 0.15) is 0 Å². The molecule has 0 saturated heterocycles. The van der Waals surface area contributed by atoms with Gasteiger partial charge >= 0.3 is 12.1 Å². The summed E-state index contributed by atoms with van der Waals surface area (Å²) in [6.07, 6.45) is 0.158. The van der Waals surface area contributed by atoms with E-state index in [9.17, 15) is 14.4 Å². The fraction of sp³-hybridized carbons (Fsp3) is 0.471. The van der Waals surface area contributed by atoms with Gasteiger partial charge in [-0.1, -0.05) is 15.3 Å². The molecular formula is C17H21N7O6. The Morgan fingerprint density at radius 3 is 2.13 bits per heavy atom. The average molecular weight is 419 g/mol. The highest BCUT2D eigenvalue weighted by Crippen LogP contribution is 2.22. The molecule has 5 amide bonds. The molecule has 1 N–H and O–H groups in total. The molecule has 0 aliphatic carbocycles. The fourth-order valence-corrected chi connectivity index (χ4v) is 2.25. The van der Waals surface area contributed by atoms with Crippen molar-refractivity contribution in [3.63, 3.8) is 0 Å². The first-order chi connectivity index (χ1) is 14.6. The summed E-state index contributed by atoms with van der Waals surface area (Å²) in [5.74, 6) is -0.240. The van der Waals surface area contributed by atoms with Gasteiger partial charge in [-0.3, -0.25) is 4.79 Å². The molecule has 1 aromatic rings. The van der Waals surface area contributed by atoms with Crippen LogP contribution in [0.15, 0.2) is 39.6 Å². The largest absolute Gasteiger partial charge is 0.379 e. The summed E-state index contributed by atoms with van der Waals surface area (Å²) < 4.78 is 15.8. The van der Waals surface area contributed by atoms with Crippen LogP contribution in [0.1, 0.15) is 6.42 Å². The molecule has 1 aliphatic rings. The Bertz CT molecular complexity index is 789. The number of imide groups is 1. The number of amides is 5. The fourth-order valence-electron chi connectivity index (χ4n) is 2.25. The van der Waals surface area contributed by atoms with Crippen LogP contribution in [-0.4, -0.2) is 64.2 Å². The lowest BCUT2D eigenvalue weighted by Crippen LogP contribution is -2.27. The first kappa shape index (κ1) is 22.9. The highest BCUT2D eigenvalue weighted by molar-refractivity contribution is 6.17. The number of urea groups is 2. The van der Waals surface area contributed by atoms with E-state index in [4.69, 9.17) is 19.7 Å². The van der Waals surface area contributed by atoms with Crippen LogP contribution >= 0.6 is 0 Å². The number of azide groups is 1. The van der Waals surface area contributed by atoms with Gasteiger partial charge in [0.25, 0.3) is 0 Å². The third-order valence-electron chi connectivity index (χ3n) is 3.63. The summed E-state index contributed by atoms with van der Waals surface area (Å²) in [4.78, 5) is 38.3. The number of carbonyl (C=O) groups excluding carboxylic acids is 3. The van der Waals surface area contributed by atoms with Gasteiger partial charge < -0.3 is 19.5 Å². The first-order valence-electron chi connectivity index (χ1n) is 9.05. The van der Waals surface area contributed by atoms with E-state index in [0.717, 1.165) is 4.90 Å². The van der Waals surface area contributed by atoms with Crippen molar-refractivity contribution in [3.05, 3.63) is 34.7 Å². The van der Waals surface area contributed by atoms with Crippen molar-refractivity contribution in [2.75, 3.05) is 56.4 Å². The van der Waals surface area contributed by atoms with E-state index in [0.29, 0.717) is 44.4 Å². The number of azo groups is 1. The number of rotatable bonds is 14. The van der Waals surface area contributed by atoms with Crippen LogP contribution < -0.4 is 10.2 Å². The average Bonchev–Trinajstić information content (AvgIpc) is 3.07. The Labute approximate surface area is 171 Å². The van der Waals surface area contributed by atoms with E-state index >= 15 is 0 Å². The van der Waals surface area contributed by atoms with Crippen LogP contribution in [0.4, 0.5) is 21.0 Å². The van der Waals surface area contributed by atoms with Crippen molar-refractivity contribution in [1.82, 2.24) is 0 Å². The highest BCUT2D eigenvalue weighted by Gasteiger charge is 2.28. The summed E-state index contributed by atoms with van der Waals surface area (Å²) in [6.45, 7) is 2.37. The second kappa shape index (κ2) is 13.0. The Balaban J connectivity index is 1.52. The molecule has 0 atom stereocenters. The number of carbonyl (C=O) groups is 3. The molecule has 160 valence electrons. The molecule has 0 bridgehead atoms. The molecule has 30 heavy (non-hydrogen) atoms. The Morgan fingerprint density at radius 1 is 0.967 bits per heavy atom. The van der Waals surface area contributed by atoms with Crippen LogP contribution in [-0.2, 0) is 19.0 Å². The standard InChI is InChI=1S/C17H21N7O6/c18-23-19-6-8-29-10-12-30-11-9-28-7-5-15(25)20-13-1-3-14(4-2-13)24-16(26)21-22-17(24)27/h1-4H,5-12H2,(H,20,25). The lowest BCUT2D eigenvalue weighted by molar-refractivity contribution is -0.117. The molecule has 0 radical (unpaired) electrons. The van der Waals surface area contributed by atoms with Gasteiger partial charge in [0.05, 0.1) is 51.7 Å². The van der Waals surface area contributed by atoms with Crippen molar-refractivity contribution in [2.24, 2.45) is 15.3 Å². The summed E-state index contributed by atoms with van der Waals surface area (Å²) in [7, 11) is 0. The van der Waals surface area contributed by atoms with Gasteiger partial charge in [-0.2, -0.15) is 0 Å². The van der Waals surface area contributed by atoms with Crippen LogP contribution in [0.2, 0.25) is 0 Å². The van der Waals surface area contributed by atoms with E-state index in [1.54, 1.807) is 12.1 Å². The predicted molar refractivity (Wildman–Crippen MR) is 104 cm³/mol. The normalized spacial score (nSPS) is 12.9. The highest BCUT2D eigenvalue weighted by atomic mass is 16.5. The first-order valence-corrected chi connectivity index (χ1v) is 9.05. The number of hydrogen-bond acceptors (Lipinski definition) is 7. The third kappa shape index (κ3) is 7.93. The molecule has 0 unspecified atom stereocenters. The zero-order valence-corrected chi connectivity index (χ0v) is 16.1. The number of benzene rings is 1. The number of hydrogen-bond donors (Lipinski definition) is 1. The number of nitrogens with zero attached hydrogens (tertiary/aromatic N) is 6. The van der Waals surface area contributed by atoms with Crippen molar-refractivity contribution in [1.29, 1.82) is 0 Å². The monoisotopic (exact) mass is 419 g/mol. The minimum Gasteiger partial charge on any atom is -0.379 e. The van der Waals surface area contributed by atoms with E-state index in [1.165, 1.54) is 12.1 Å². The molecule has 1 aliphatic heterocycles. The molecule has 13 heteroatoms. The van der Waals surface area contributed by atoms with Crippen molar-refractivity contribution >= 4 is 29.3 Å². The van der Waals surface area contributed by atoms with Crippen LogP contribution in [0, 0.1) is 0 Å². The van der Waals surface area contributed by atoms with Gasteiger partial charge in [-0.05, 0) is 29.8 Å². The summed E-state index contributed by atoms with van der Waals surface area (Å²) >= 11 is 0. The lowest BCUT2D eigenvalue weighted by atomic mass is 10.2. The molecule has 0 saturated carbocycles. The van der Waals surface area contributed by atoms with Gasteiger partial charge in [0.15, 0.2) is 0 Å². The Morgan fingerprint density at radius 2 is 1.53 bits per heavy atom. The summed E-state index contributed by atoms with van der Waals surface area (Å²) in [5.41, 5.74) is 8.92. The number of nitrogens with one attached hydrogen (secondary N) is 1. The SMILES string of the molecule is [N-]=[N+]=NCCOCCOCCOCCC(=O)Nc1ccc(N2C(=O)N=NC2=O)cc1. The maximum Gasteiger partial charge on any atom is 0.375 e. The van der Waals surface area contributed by atoms with Crippen LogP contribution in [0.25, 0.3) is 10.4 Å². The molecule has 2 rings (SSSR count). The second-order valence-corrected chi connectivity index (χ2v) is 5.74. The molecule has 0 spiro atoms. The van der Waals surface area contributed by atoms with E-state index in [-0.39, 0.29) is 25.5 Å². The van der Waals surface area contributed by atoms with Crippen molar-refractivity contribution < 1.29 is 28.6 Å². The molecule has 13 nitrogen and oxygen atoms in total. The van der Waals surface area contributed by atoms with Crippen LogP contribution in [0.3, 0.4) is 0 Å². The zero-order valence-electron chi connectivity index (χ0n) is 16.1. The van der Waals surface area contributed by atoms with E-state index in [1.807, 2.05) is 0 Å². The Hall–Kier alpha value is -3.38. The zero-order chi connectivity index (χ0) is 21.6. The second-order valence-electron chi connectivity index (χ2n) is 5.74. The molecule has 1 aromatic carbocycles. The number of anilines is 2. The van der Waals surface area contributed by atoms with E-state index < -0.39 is 12.1 Å². The molecular weight excluding hydrogens is 398 g/mol. The van der Waals surface area contributed by atoms with Gasteiger partial charge in [0.2, 0.25) is 5.91 Å². The topological polar surface area (TPSA) is 168 Å². The summed E-state index contributed by atoms with van der Waals surface area (Å²) in [5, 5.41) is 12.4. The van der Waals surface area contributed by atoms with Gasteiger partial charge in [-0.25, -0.2) is 14.5 Å². The minimum atomic E-state index is -0.754. The predicted octanol–water partition coefficient (Wildman–Crippen LogP) is 2.89. The van der Waals surface area contributed by atoms with E-state index in [2.05, 4.69) is 25.6 Å². The van der Waals surface area contributed by atoms with Crippen LogP contribution in [0.5, 0.6) is 0 Å². The molecule has 0 fully saturated rings. The quantitative estimate of drug-likeness (QED) is 0.210. The minimum absolute atomic E-state index is 0.158. The third-order valence-corrected chi connectivity index (χ3v) is 3.63. The maximum absolute atomic E-state index is 11.9. The smallest absolute Gasteiger partial charge is 0.375 e. The summed E-state index contributed by atoms with van der Waals surface area (Å²) in [6, 6.07) is 4.64. The van der Waals surface area contributed by atoms with Gasteiger partial charge in [-0.15, -0.1) is 0 Å². The molecule has 0 aromatic heterocycles.